The van der Waals surface area contributed by atoms with Crippen LogP contribution in [-0.2, 0) is 9.53 Å². The molecule has 98 valence electrons. The second-order valence-corrected chi connectivity index (χ2v) is 5.35. The van der Waals surface area contributed by atoms with Crippen molar-refractivity contribution >= 4 is 5.97 Å². The highest BCUT2D eigenvalue weighted by molar-refractivity contribution is 5.90. The van der Waals surface area contributed by atoms with Gasteiger partial charge in [-0.2, -0.15) is 0 Å². The number of rotatable bonds is 0. The van der Waals surface area contributed by atoms with E-state index < -0.39 is 6.10 Å². The fourth-order valence-corrected chi connectivity index (χ4v) is 2.66. The van der Waals surface area contributed by atoms with Gasteiger partial charge in [0.1, 0.15) is 6.10 Å². The lowest BCUT2D eigenvalue weighted by Crippen LogP contribution is -2.18. The number of hydrogen-bond acceptors (Lipinski definition) is 3. The van der Waals surface area contributed by atoms with Gasteiger partial charge in [0.15, 0.2) is 0 Å². The first kappa shape index (κ1) is 13.1. The number of allylic oxidation sites excluding steroid dienone is 1. The summed E-state index contributed by atoms with van der Waals surface area (Å²) in [5, 5.41) is 9.87. The van der Waals surface area contributed by atoms with Gasteiger partial charge < -0.3 is 9.84 Å². The van der Waals surface area contributed by atoms with Crippen molar-refractivity contribution in [2.45, 2.75) is 45.3 Å². The lowest BCUT2D eigenvalue weighted by molar-refractivity contribution is -0.139. The summed E-state index contributed by atoms with van der Waals surface area (Å²) in [7, 11) is 0. The summed E-state index contributed by atoms with van der Waals surface area (Å²) < 4.78 is 5.36. The zero-order valence-corrected chi connectivity index (χ0v) is 11.0. The minimum absolute atomic E-state index is 0.0750. The van der Waals surface area contributed by atoms with Crippen LogP contribution in [0.25, 0.3) is 0 Å². The Bertz CT molecular complexity index is 431. The van der Waals surface area contributed by atoms with E-state index >= 15 is 0 Å². The van der Waals surface area contributed by atoms with Gasteiger partial charge in [-0.25, -0.2) is 4.79 Å². The van der Waals surface area contributed by atoms with E-state index in [9.17, 15) is 9.90 Å². The average Bonchev–Trinajstić information content (AvgIpc) is 2.51. The van der Waals surface area contributed by atoms with E-state index in [0.717, 1.165) is 17.6 Å². The zero-order valence-electron chi connectivity index (χ0n) is 11.0. The summed E-state index contributed by atoms with van der Waals surface area (Å²) in [6.45, 7) is 7.81. The van der Waals surface area contributed by atoms with Crippen LogP contribution in [-0.4, -0.2) is 23.3 Å². The Kier molecular flexibility index (Phi) is 3.71. The van der Waals surface area contributed by atoms with Gasteiger partial charge in [-0.1, -0.05) is 29.9 Å². The maximum Gasteiger partial charge on any atom is 0.334 e. The van der Waals surface area contributed by atoms with Crippen LogP contribution in [0.5, 0.6) is 0 Å². The van der Waals surface area contributed by atoms with Gasteiger partial charge in [0, 0.05) is 17.9 Å². The van der Waals surface area contributed by atoms with Crippen molar-refractivity contribution in [3.8, 4) is 0 Å². The van der Waals surface area contributed by atoms with Crippen LogP contribution in [0, 0.1) is 5.92 Å². The first-order valence-electron chi connectivity index (χ1n) is 6.38. The standard InChI is InChI=1S/C15H20O3/c1-9-4-5-13-11(3)15(17)18-14(13)8-10(2)7-12(16)6-9/h4,7,12-14,16H,3,5-6,8H2,1-2H3/b9-4+,10-7+/t12-,13-,14+/m1/s1. The third-order valence-electron chi connectivity index (χ3n) is 3.67. The molecular weight excluding hydrogens is 228 g/mol. The van der Waals surface area contributed by atoms with Crippen LogP contribution in [0.1, 0.15) is 33.1 Å². The summed E-state index contributed by atoms with van der Waals surface area (Å²) in [4.78, 5) is 11.6. The largest absolute Gasteiger partial charge is 0.458 e. The summed E-state index contributed by atoms with van der Waals surface area (Å²) in [6, 6.07) is 0. The van der Waals surface area contributed by atoms with Gasteiger partial charge >= 0.3 is 5.97 Å². The van der Waals surface area contributed by atoms with Gasteiger partial charge in [0.2, 0.25) is 0 Å². The Morgan fingerprint density at radius 1 is 1.33 bits per heavy atom. The van der Waals surface area contributed by atoms with E-state index in [2.05, 4.69) is 12.7 Å². The van der Waals surface area contributed by atoms with Crippen molar-refractivity contribution in [3.63, 3.8) is 0 Å². The van der Waals surface area contributed by atoms with E-state index in [4.69, 9.17) is 4.74 Å². The maximum atomic E-state index is 11.6. The predicted molar refractivity (Wildman–Crippen MR) is 69.9 cm³/mol. The Balaban J connectivity index is 2.27. The van der Waals surface area contributed by atoms with Crippen molar-refractivity contribution in [1.82, 2.24) is 0 Å². The van der Waals surface area contributed by atoms with Crippen molar-refractivity contribution < 1.29 is 14.6 Å². The lowest BCUT2D eigenvalue weighted by Gasteiger charge is -2.19. The molecule has 0 saturated carbocycles. The van der Waals surface area contributed by atoms with E-state index in [1.165, 1.54) is 0 Å². The molecule has 0 aromatic carbocycles. The average molecular weight is 248 g/mol. The molecule has 3 nitrogen and oxygen atoms in total. The second kappa shape index (κ2) is 5.11. The highest BCUT2D eigenvalue weighted by Crippen LogP contribution is 2.34. The molecule has 1 aliphatic heterocycles. The molecule has 2 rings (SSSR count). The molecule has 1 saturated heterocycles. The van der Waals surface area contributed by atoms with Crippen LogP contribution in [0.2, 0.25) is 0 Å². The van der Waals surface area contributed by atoms with Gasteiger partial charge in [0.25, 0.3) is 0 Å². The van der Waals surface area contributed by atoms with Crippen LogP contribution in [0.4, 0.5) is 0 Å². The summed E-state index contributed by atoms with van der Waals surface area (Å²) in [6.07, 6.45) is 5.46. The van der Waals surface area contributed by atoms with Gasteiger partial charge in [-0.3, -0.25) is 0 Å². The smallest absolute Gasteiger partial charge is 0.334 e. The number of fused-ring (bicyclic) bond motifs is 1. The van der Waals surface area contributed by atoms with Crippen LogP contribution in [0.3, 0.4) is 0 Å². The molecule has 1 fully saturated rings. The molecule has 0 unspecified atom stereocenters. The van der Waals surface area contributed by atoms with Crippen molar-refractivity contribution in [2.24, 2.45) is 5.92 Å². The Labute approximate surface area is 108 Å². The number of ether oxygens (including phenoxy) is 1. The molecule has 3 heteroatoms. The molecule has 3 atom stereocenters. The van der Waals surface area contributed by atoms with Gasteiger partial charge in [-0.05, 0) is 26.7 Å². The molecule has 0 amide bonds. The first-order chi connectivity index (χ1) is 8.47. The normalized spacial score (nSPS) is 39.2. The SMILES string of the molecule is C=C1C(=O)O[C@H]2C/C(C)=C/[C@H](O)C/C(C)=C/C[C@H]12. The number of carbonyl (C=O) groups excluding carboxylic acids is 1. The van der Waals surface area contributed by atoms with Crippen LogP contribution < -0.4 is 0 Å². The number of esters is 1. The molecule has 0 spiro atoms. The molecule has 0 radical (unpaired) electrons. The highest BCUT2D eigenvalue weighted by atomic mass is 16.6. The van der Waals surface area contributed by atoms with Crippen molar-refractivity contribution in [3.05, 3.63) is 35.5 Å². The van der Waals surface area contributed by atoms with E-state index in [1.807, 2.05) is 19.9 Å². The Morgan fingerprint density at radius 3 is 2.78 bits per heavy atom. The zero-order chi connectivity index (χ0) is 13.3. The van der Waals surface area contributed by atoms with E-state index in [0.29, 0.717) is 18.4 Å². The third kappa shape index (κ3) is 2.72. The molecule has 0 bridgehead atoms. The highest BCUT2D eigenvalue weighted by Gasteiger charge is 2.37. The molecular formula is C15H20O3. The number of hydrogen-bond donors (Lipinski definition) is 1. The minimum atomic E-state index is -0.446. The summed E-state index contributed by atoms with van der Waals surface area (Å²) in [5.41, 5.74) is 2.78. The number of aliphatic hydroxyl groups is 1. The topological polar surface area (TPSA) is 46.5 Å². The fourth-order valence-electron chi connectivity index (χ4n) is 2.66. The Hall–Kier alpha value is -1.35. The molecule has 0 aromatic rings. The maximum absolute atomic E-state index is 11.6. The predicted octanol–water partition coefficient (Wildman–Crippen LogP) is 2.52. The molecule has 1 N–H and O–H groups in total. The molecule has 1 aliphatic carbocycles. The van der Waals surface area contributed by atoms with Crippen molar-refractivity contribution in [2.75, 3.05) is 0 Å². The van der Waals surface area contributed by atoms with E-state index in [1.54, 1.807) is 0 Å². The second-order valence-electron chi connectivity index (χ2n) is 5.35. The Morgan fingerprint density at radius 2 is 2.06 bits per heavy atom. The van der Waals surface area contributed by atoms with Gasteiger partial charge in [0.05, 0.1) is 6.10 Å². The van der Waals surface area contributed by atoms with Gasteiger partial charge in [-0.15, -0.1) is 0 Å². The quantitative estimate of drug-likeness (QED) is 0.407. The van der Waals surface area contributed by atoms with Crippen LogP contribution in [0.15, 0.2) is 35.5 Å². The van der Waals surface area contributed by atoms with Crippen LogP contribution >= 0.6 is 0 Å². The summed E-state index contributed by atoms with van der Waals surface area (Å²) in [5.74, 6) is -0.199. The molecule has 0 aromatic heterocycles. The summed E-state index contributed by atoms with van der Waals surface area (Å²) >= 11 is 0. The first-order valence-corrected chi connectivity index (χ1v) is 6.38. The number of aliphatic hydroxyl groups excluding tert-OH is 1. The molecule has 18 heavy (non-hydrogen) atoms. The monoisotopic (exact) mass is 248 g/mol. The third-order valence-corrected chi connectivity index (χ3v) is 3.67. The lowest BCUT2D eigenvalue weighted by atomic mass is 9.87. The number of carbonyl (C=O) groups is 1. The minimum Gasteiger partial charge on any atom is -0.458 e. The molecule has 1 heterocycles. The van der Waals surface area contributed by atoms with Crippen molar-refractivity contribution in [1.29, 1.82) is 0 Å². The molecule has 2 aliphatic rings. The van der Waals surface area contributed by atoms with E-state index in [-0.39, 0.29) is 18.0 Å². The fraction of sp³-hybridized carbons (Fsp3) is 0.533.